The van der Waals surface area contributed by atoms with Gasteiger partial charge in [0.2, 0.25) is 11.8 Å². The number of hydrogen-bond donors (Lipinski definition) is 5. The van der Waals surface area contributed by atoms with Crippen LogP contribution in [0, 0.1) is 0 Å². The van der Waals surface area contributed by atoms with E-state index in [0.29, 0.717) is 24.7 Å². The van der Waals surface area contributed by atoms with Crippen LogP contribution in [0.4, 0.5) is 9.59 Å². The molecular formula is C35H42N10O6. The van der Waals surface area contributed by atoms with Gasteiger partial charge in [0.1, 0.15) is 24.7 Å². The minimum atomic E-state index is -0.663. The van der Waals surface area contributed by atoms with Gasteiger partial charge in [-0.05, 0) is 30.0 Å². The Balaban J connectivity index is 1.28. The lowest BCUT2D eigenvalue weighted by Crippen LogP contribution is -2.40. The summed E-state index contributed by atoms with van der Waals surface area (Å²) in [4.78, 5) is 75.1. The van der Waals surface area contributed by atoms with Gasteiger partial charge in [-0.25, -0.2) is 24.5 Å². The fraction of sp³-hybridized carbons (Fsp3) is 0.343. The zero-order chi connectivity index (χ0) is 36.3. The van der Waals surface area contributed by atoms with Crippen LogP contribution in [-0.4, -0.2) is 104 Å². The Morgan fingerprint density at radius 2 is 1.20 bits per heavy atom. The third-order valence-electron chi connectivity index (χ3n) is 8.15. The molecule has 5 rings (SSSR count). The van der Waals surface area contributed by atoms with E-state index in [4.69, 9.17) is 0 Å². The van der Waals surface area contributed by atoms with E-state index in [2.05, 4.69) is 50.0 Å². The number of carbonyl (C=O) groups is 4. The van der Waals surface area contributed by atoms with Crippen LogP contribution in [0.2, 0.25) is 0 Å². The molecule has 0 radical (unpaired) electrons. The maximum Gasteiger partial charge on any atom is 0.407 e. The van der Waals surface area contributed by atoms with Crippen LogP contribution in [0.25, 0.3) is 44.7 Å². The molecule has 0 spiro atoms. The normalized spacial score (nSPS) is 10.9. The second-order valence-electron chi connectivity index (χ2n) is 11.7. The lowest BCUT2D eigenvalue weighted by atomic mass is 9.99. The molecule has 4 amide bonds. The maximum absolute atomic E-state index is 12.7. The predicted octanol–water partition coefficient (Wildman–Crippen LogP) is 4.20. The van der Waals surface area contributed by atoms with Gasteiger partial charge in [0.15, 0.2) is 0 Å². The molecule has 5 N–H and O–H groups in total. The first-order chi connectivity index (χ1) is 24.7. The third kappa shape index (κ3) is 8.89. The van der Waals surface area contributed by atoms with E-state index in [1.807, 2.05) is 50.2 Å². The SMILES string of the molecule is CCCN(Cc1ncc(-c2ccc(-c3ccc(-c4cnc(CN(CCC)C(=O)CNC(=O)OC)[nH]4)c4nc[nH]c34)cc2)[nH]1)C(=O)CNC(=O)OC. The molecule has 51 heavy (non-hydrogen) atoms. The summed E-state index contributed by atoms with van der Waals surface area (Å²) >= 11 is 0. The molecule has 3 aromatic heterocycles. The molecule has 0 atom stereocenters. The summed E-state index contributed by atoms with van der Waals surface area (Å²) in [5, 5.41) is 4.86. The van der Waals surface area contributed by atoms with E-state index in [0.717, 1.165) is 57.5 Å². The van der Waals surface area contributed by atoms with Gasteiger partial charge < -0.3 is 44.9 Å². The zero-order valence-electron chi connectivity index (χ0n) is 29.0. The predicted molar refractivity (Wildman–Crippen MR) is 189 cm³/mol. The van der Waals surface area contributed by atoms with E-state index in [1.54, 1.807) is 28.5 Å². The minimum Gasteiger partial charge on any atom is -0.453 e. The number of hydrogen-bond acceptors (Lipinski definition) is 9. The lowest BCUT2D eigenvalue weighted by molar-refractivity contribution is -0.131. The summed E-state index contributed by atoms with van der Waals surface area (Å²) in [5.74, 6) is 0.766. The number of alkyl carbamates (subject to hydrolysis) is 2. The maximum atomic E-state index is 12.7. The van der Waals surface area contributed by atoms with Gasteiger partial charge in [0.25, 0.3) is 0 Å². The number of methoxy groups -OCH3 is 2. The van der Waals surface area contributed by atoms with Crippen LogP contribution in [0.1, 0.15) is 38.3 Å². The van der Waals surface area contributed by atoms with Gasteiger partial charge in [0, 0.05) is 24.2 Å². The molecule has 16 nitrogen and oxygen atoms in total. The Labute approximate surface area is 294 Å². The van der Waals surface area contributed by atoms with Crippen LogP contribution in [0.15, 0.2) is 55.1 Å². The van der Waals surface area contributed by atoms with Gasteiger partial charge in [-0.2, -0.15) is 0 Å². The number of rotatable bonds is 15. The quantitative estimate of drug-likeness (QED) is 0.106. The first kappa shape index (κ1) is 36.1. The molecule has 0 unspecified atom stereocenters. The number of aromatic amines is 3. The number of imidazole rings is 3. The van der Waals surface area contributed by atoms with Crippen LogP contribution >= 0.6 is 0 Å². The molecule has 0 aliphatic carbocycles. The van der Waals surface area contributed by atoms with Gasteiger partial charge in [0.05, 0.1) is 68.5 Å². The fourth-order valence-corrected chi connectivity index (χ4v) is 5.64. The standard InChI is InChI=1S/C35H42N10O6/c1-5-13-44(30(46)17-38-34(48)50-3)19-28-36-15-26(42-28)23-9-7-22(8-10-23)24-11-12-25(33-32(24)40-21-41-33)27-16-37-29(43-27)20-45(14-6-2)31(47)18-39-35(49)51-4/h7-12,15-16,21H,5-6,13-14,17-20H2,1-4H3,(H,36,42)(H,37,43)(H,38,48)(H,39,49)(H,40,41). The molecule has 5 aromatic rings. The summed E-state index contributed by atoms with van der Waals surface area (Å²) in [6, 6.07) is 12.1. The highest BCUT2D eigenvalue weighted by Crippen LogP contribution is 2.34. The molecule has 2 aromatic carbocycles. The van der Waals surface area contributed by atoms with Crippen molar-refractivity contribution >= 4 is 35.0 Å². The average Bonchev–Trinajstić information content (AvgIpc) is 3.94. The number of aromatic nitrogens is 6. The van der Waals surface area contributed by atoms with Crippen molar-refractivity contribution in [3.8, 4) is 33.6 Å². The number of fused-ring (bicyclic) bond motifs is 1. The van der Waals surface area contributed by atoms with E-state index >= 15 is 0 Å². The number of nitrogens with zero attached hydrogens (tertiary/aromatic N) is 5. The molecule has 16 heteroatoms. The van der Waals surface area contributed by atoms with Crippen molar-refractivity contribution in [1.82, 2.24) is 50.3 Å². The highest BCUT2D eigenvalue weighted by Gasteiger charge is 2.19. The molecular weight excluding hydrogens is 656 g/mol. The first-order valence-electron chi connectivity index (χ1n) is 16.6. The minimum absolute atomic E-state index is 0.159. The van der Waals surface area contributed by atoms with Gasteiger partial charge in [-0.1, -0.05) is 44.2 Å². The van der Waals surface area contributed by atoms with E-state index < -0.39 is 12.2 Å². The summed E-state index contributed by atoms with van der Waals surface area (Å²) in [6.07, 6.45) is 5.30. The van der Waals surface area contributed by atoms with Crippen LogP contribution in [0.3, 0.4) is 0 Å². The smallest absolute Gasteiger partial charge is 0.407 e. The molecule has 0 bridgehead atoms. The first-order valence-corrected chi connectivity index (χ1v) is 16.6. The third-order valence-corrected chi connectivity index (χ3v) is 8.15. The van der Waals surface area contributed by atoms with E-state index in [9.17, 15) is 19.2 Å². The Kier molecular flexibility index (Phi) is 12.0. The Hall–Kier alpha value is -6.19. The summed E-state index contributed by atoms with van der Waals surface area (Å²) in [6.45, 7) is 5.18. The monoisotopic (exact) mass is 698 g/mol. The van der Waals surface area contributed by atoms with Crippen LogP contribution < -0.4 is 10.6 Å². The highest BCUT2D eigenvalue weighted by molar-refractivity contribution is 6.00. The van der Waals surface area contributed by atoms with Crippen LogP contribution in [-0.2, 0) is 32.2 Å². The number of amides is 4. The number of nitrogens with one attached hydrogen (secondary N) is 5. The van der Waals surface area contributed by atoms with Crippen molar-refractivity contribution in [2.45, 2.75) is 39.8 Å². The molecule has 0 fully saturated rings. The second kappa shape index (κ2) is 17.0. The summed E-state index contributed by atoms with van der Waals surface area (Å²) in [5.41, 5.74) is 6.93. The molecule has 0 aliphatic rings. The number of carbonyl (C=O) groups excluding carboxylic acids is 4. The Bertz CT molecular complexity index is 1960. The van der Waals surface area contributed by atoms with Crippen molar-refractivity contribution in [2.75, 3.05) is 40.4 Å². The molecule has 3 heterocycles. The average molecular weight is 699 g/mol. The van der Waals surface area contributed by atoms with Crippen molar-refractivity contribution in [1.29, 1.82) is 0 Å². The van der Waals surface area contributed by atoms with Crippen molar-refractivity contribution in [3.05, 3.63) is 66.8 Å². The van der Waals surface area contributed by atoms with Crippen molar-refractivity contribution in [3.63, 3.8) is 0 Å². The van der Waals surface area contributed by atoms with E-state index in [1.165, 1.54) is 14.2 Å². The van der Waals surface area contributed by atoms with Gasteiger partial charge in [-0.3, -0.25) is 9.59 Å². The number of benzene rings is 2. The molecule has 268 valence electrons. The highest BCUT2D eigenvalue weighted by atomic mass is 16.5. The summed E-state index contributed by atoms with van der Waals surface area (Å²) < 4.78 is 9.12. The molecule has 0 saturated heterocycles. The van der Waals surface area contributed by atoms with E-state index in [-0.39, 0.29) is 38.0 Å². The van der Waals surface area contributed by atoms with Gasteiger partial charge >= 0.3 is 12.2 Å². The lowest BCUT2D eigenvalue weighted by Gasteiger charge is -2.21. The van der Waals surface area contributed by atoms with Crippen molar-refractivity contribution in [2.24, 2.45) is 0 Å². The molecule has 0 saturated carbocycles. The number of H-pyrrole nitrogens is 3. The summed E-state index contributed by atoms with van der Waals surface area (Å²) in [7, 11) is 2.50. The van der Waals surface area contributed by atoms with Crippen LogP contribution in [0.5, 0.6) is 0 Å². The Morgan fingerprint density at radius 1 is 0.686 bits per heavy atom. The molecule has 0 aliphatic heterocycles. The van der Waals surface area contributed by atoms with Crippen molar-refractivity contribution < 1.29 is 28.7 Å². The zero-order valence-corrected chi connectivity index (χ0v) is 29.0. The topological polar surface area (TPSA) is 203 Å². The number of ether oxygens (including phenoxy) is 2. The second-order valence-corrected chi connectivity index (χ2v) is 11.7. The Morgan fingerprint density at radius 3 is 1.75 bits per heavy atom. The van der Waals surface area contributed by atoms with Gasteiger partial charge in [-0.15, -0.1) is 0 Å². The largest absolute Gasteiger partial charge is 0.453 e. The fourth-order valence-electron chi connectivity index (χ4n) is 5.64.